The summed E-state index contributed by atoms with van der Waals surface area (Å²) in [7, 11) is 0. The molecule has 1 fully saturated rings. The zero-order chi connectivity index (χ0) is 35.2. The molecular formula is C35H49N5O8. The van der Waals surface area contributed by atoms with Crippen LogP contribution >= 0.6 is 0 Å². The fourth-order valence-electron chi connectivity index (χ4n) is 5.84. The Morgan fingerprint density at radius 2 is 1.62 bits per heavy atom. The lowest BCUT2D eigenvalue weighted by Crippen LogP contribution is -2.54. The predicted octanol–water partition coefficient (Wildman–Crippen LogP) is 1.80. The van der Waals surface area contributed by atoms with Crippen LogP contribution in [0.3, 0.4) is 0 Å². The number of anilines is 1. The standard InChI is InChI=1S/C35H49N5O8/c1-23(2)21-24-10-12-25(13-11-24)37-31(44)15-14-30(43)28(22-41)38-34(47)29-9-6-19-39(29)35(48)27(36)8-5-3-4-7-26(42)18-20-40-32(45)16-17-33(40)46/h10-13,16-17,23,27-29,41H,3-9,14-15,18-22,36H2,1-2H3,(H,37,44)(H,38,47). The van der Waals surface area contributed by atoms with Gasteiger partial charge in [-0.15, -0.1) is 0 Å². The molecule has 0 spiro atoms. The van der Waals surface area contributed by atoms with Crippen LogP contribution in [0, 0.1) is 5.92 Å². The Bertz CT molecular complexity index is 1340. The summed E-state index contributed by atoms with van der Waals surface area (Å²) in [5, 5.41) is 15.1. The molecule has 1 aromatic carbocycles. The van der Waals surface area contributed by atoms with Crippen molar-refractivity contribution in [3.8, 4) is 0 Å². The number of nitrogens with zero attached hydrogens (tertiary/aromatic N) is 2. The molecule has 3 unspecified atom stereocenters. The van der Waals surface area contributed by atoms with Gasteiger partial charge in [0.2, 0.25) is 17.7 Å². The molecule has 0 saturated carbocycles. The van der Waals surface area contributed by atoms with E-state index in [0.717, 1.165) is 16.9 Å². The van der Waals surface area contributed by atoms with Gasteiger partial charge in [-0.25, -0.2) is 0 Å². The third-order valence-corrected chi connectivity index (χ3v) is 8.51. The number of aliphatic hydroxyl groups excluding tert-OH is 1. The van der Waals surface area contributed by atoms with Crippen LogP contribution in [-0.4, -0.2) is 93.8 Å². The van der Waals surface area contributed by atoms with Gasteiger partial charge in [0.15, 0.2) is 5.78 Å². The molecule has 5 N–H and O–H groups in total. The van der Waals surface area contributed by atoms with Crippen LogP contribution < -0.4 is 16.4 Å². The van der Waals surface area contributed by atoms with Crippen LogP contribution in [0.25, 0.3) is 0 Å². The van der Waals surface area contributed by atoms with Gasteiger partial charge in [-0.1, -0.05) is 38.8 Å². The van der Waals surface area contributed by atoms with Crippen molar-refractivity contribution < 1.29 is 38.7 Å². The third kappa shape index (κ3) is 11.8. The molecule has 2 aliphatic heterocycles. The molecule has 5 amide bonds. The summed E-state index contributed by atoms with van der Waals surface area (Å²) in [5.74, 6) is -2.16. The number of carbonyl (C=O) groups excluding carboxylic acids is 7. The van der Waals surface area contributed by atoms with Crippen molar-refractivity contribution in [2.24, 2.45) is 11.7 Å². The summed E-state index contributed by atoms with van der Waals surface area (Å²) in [6.07, 6.45) is 6.56. The van der Waals surface area contributed by atoms with E-state index in [1.165, 1.54) is 17.1 Å². The minimum absolute atomic E-state index is 0.0560. The lowest BCUT2D eigenvalue weighted by molar-refractivity contribution is -0.140. The number of unbranched alkanes of at least 4 members (excludes halogenated alkanes) is 2. The van der Waals surface area contributed by atoms with Crippen LogP contribution in [0.2, 0.25) is 0 Å². The first-order chi connectivity index (χ1) is 22.9. The number of imide groups is 1. The van der Waals surface area contributed by atoms with E-state index in [9.17, 15) is 38.7 Å². The molecule has 3 rings (SSSR count). The Labute approximate surface area is 281 Å². The van der Waals surface area contributed by atoms with Crippen LogP contribution in [0.15, 0.2) is 36.4 Å². The number of carbonyl (C=O) groups is 7. The summed E-state index contributed by atoms with van der Waals surface area (Å²) in [6.45, 7) is 4.01. The minimum Gasteiger partial charge on any atom is -0.394 e. The van der Waals surface area contributed by atoms with Gasteiger partial charge < -0.3 is 26.4 Å². The highest BCUT2D eigenvalue weighted by Gasteiger charge is 2.37. The molecule has 0 radical (unpaired) electrons. The Balaban J connectivity index is 1.36. The monoisotopic (exact) mass is 667 g/mol. The number of hydrogen-bond donors (Lipinski definition) is 4. The van der Waals surface area contributed by atoms with Gasteiger partial charge in [0, 0.05) is 56.6 Å². The van der Waals surface area contributed by atoms with E-state index in [0.29, 0.717) is 63.1 Å². The van der Waals surface area contributed by atoms with E-state index >= 15 is 0 Å². The molecule has 48 heavy (non-hydrogen) atoms. The average Bonchev–Trinajstić information content (AvgIpc) is 3.67. The predicted molar refractivity (Wildman–Crippen MR) is 178 cm³/mol. The topological polar surface area (TPSA) is 196 Å². The SMILES string of the molecule is CC(C)Cc1ccc(NC(=O)CCC(=O)C(CO)NC(=O)C2CCCN2C(=O)C(N)CCCCCC(=O)CCN2C(=O)C=CC2=O)cc1. The molecule has 1 aromatic rings. The van der Waals surface area contributed by atoms with Crippen molar-refractivity contribution in [2.75, 3.05) is 25.0 Å². The molecule has 13 nitrogen and oxygen atoms in total. The number of aliphatic hydroxyl groups is 1. The van der Waals surface area contributed by atoms with E-state index in [1.807, 2.05) is 24.3 Å². The quantitative estimate of drug-likeness (QED) is 0.118. The highest BCUT2D eigenvalue weighted by Crippen LogP contribution is 2.20. The second kappa shape index (κ2) is 18.9. The number of Topliss-reactive ketones (excluding diaryl/α,β-unsaturated/α-hetero) is 2. The number of nitrogens with two attached hydrogens (primary N) is 1. The zero-order valence-electron chi connectivity index (χ0n) is 27.9. The Hall–Kier alpha value is -4.23. The van der Waals surface area contributed by atoms with Gasteiger partial charge in [-0.2, -0.15) is 0 Å². The lowest BCUT2D eigenvalue weighted by Gasteiger charge is -2.28. The van der Waals surface area contributed by atoms with Gasteiger partial charge in [-0.3, -0.25) is 38.5 Å². The number of likely N-dealkylation sites (tertiary alicyclic amines) is 1. The van der Waals surface area contributed by atoms with Crippen molar-refractivity contribution in [2.45, 2.75) is 103 Å². The highest BCUT2D eigenvalue weighted by molar-refractivity contribution is 6.13. The molecular weight excluding hydrogens is 618 g/mol. The first-order valence-corrected chi connectivity index (χ1v) is 16.8. The van der Waals surface area contributed by atoms with Gasteiger partial charge >= 0.3 is 0 Å². The van der Waals surface area contributed by atoms with E-state index in [2.05, 4.69) is 24.5 Å². The van der Waals surface area contributed by atoms with Crippen molar-refractivity contribution in [3.63, 3.8) is 0 Å². The molecule has 3 atom stereocenters. The number of nitrogens with one attached hydrogen (secondary N) is 2. The molecule has 2 aliphatic rings. The fraction of sp³-hybridized carbons (Fsp3) is 0.571. The largest absolute Gasteiger partial charge is 0.394 e. The second-order valence-electron chi connectivity index (χ2n) is 12.9. The van der Waals surface area contributed by atoms with Gasteiger partial charge in [0.1, 0.15) is 17.9 Å². The summed E-state index contributed by atoms with van der Waals surface area (Å²) >= 11 is 0. The van der Waals surface area contributed by atoms with Gasteiger partial charge in [0.05, 0.1) is 12.6 Å². The molecule has 2 heterocycles. The zero-order valence-corrected chi connectivity index (χ0v) is 27.9. The molecule has 0 bridgehead atoms. The van der Waals surface area contributed by atoms with E-state index < -0.39 is 48.2 Å². The molecule has 0 aliphatic carbocycles. The third-order valence-electron chi connectivity index (χ3n) is 8.51. The summed E-state index contributed by atoms with van der Waals surface area (Å²) in [4.78, 5) is 89.2. The minimum atomic E-state index is -1.21. The maximum Gasteiger partial charge on any atom is 0.253 e. The number of amides is 5. The number of rotatable bonds is 20. The highest BCUT2D eigenvalue weighted by atomic mass is 16.3. The first kappa shape index (κ1) is 38.2. The smallest absolute Gasteiger partial charge is 0.253 e. The Morgan fingerprint density at radius 3 is 2.27 bits per heavy atom. The first-order valence-electron chi connectivity index (χ1n) is 16.8. The van der Waals surface area contributed by atoms with Gasteiger partial charge in [0.25, 0.3) is 11.8 Å². The van der Waals surface area contributed by atoms with E-state index in [-0.39, 0.29) is 43.4 Å². The molecule has 0 aromatic heterocycles. The molecule has 13 heteroatoms. The van der Waals surface area contributed by atoms with Crippen LogP contribution in [0.4, 0.5) is 5.69 Å². The van der Waals surface area contributed by atoms with Crippen LogP contribution in [0.1, 0.15) is 83.6 Å². The van der Waals surface area contributed by atoms with Gasteiger partial charge in [-0.05, 0) is 55.7 Å². The number of ketones is 2. The average molecular weight is 668 g/mol. The maximum atomic E-state index is 13.1. The summed E-state index contributed by atoms with van der Waals surface area (Å²) in [5.41, 5.74) is 7.95. The van der Waals surface area contributed by atoms with E-state index in [1.54, 1.807) is 0 Å². The van der Waals surface area contributed by atoms with Crippen molar-refractivity contribution in [1.29, 1.82) is 0 Å². The Kier molecular flexibility index (Phi) is 15.1. The van der Waals surface area contributed by atoms with E-state index in [4.69, 9.17) is 5.73 Å². The fourth-order valence-corrected chi connectivity index (χ4v) is 5.84. The molecule has 1 saturated heterocycles. The number of hydrogen-bond acceptors (Lipinski definition) is 9. The normalized spacial score (nSPS) is 17.1. The van der Waals surface area contributed by atoms with Crippen LogP contribution in [0.5, 0.6) is 0 Å². The maximum absolute atomic E-state index is 13.1. The number of benzene rings is 1. The van der Waals surface area contributed by atoms with Crippen molar-refractivity contribution in [3.05, 3.63) is 42.0 Å². The summed E-state index contributed by atoms with van der Waals surface area (Å²) < 4.78 is 0. The Morgan fingerprint density at radius 1 is 0.938 bits per heavy atom. The summed E-state index contributed by atoms with van der Waals surface area (Å²) in [6, 6.07) is 4.64. The van der Waals surface area contributed by atoms with Crippen molar-refractivity contribution in [1.82, 2.24) is 15.1 Å². The van der Waals surface area contributed by atoms with Crippen LogP contribution in [-0.2, 0) is 40.0 Å². The second-order valence-corrected chi connectivity index (χ2v) is 12.9. The van der Waals surface area contributed by atoms with Crippen molar-refractivity contribution >= 4 is 46.8 Å². The lowest BCUT2D eigenvalue weighted by atomic mass is 10.0. The molecule has 262 valence electrons.